The Morgan fingerprint density at radius 3 is 3.07 bits per heavy atom. The second-order valence-corrected chi connectivity index (χ2v) is 3.86. The summed E-state index contributed by atoms with van der Waals surface area (Å²) < 4.78 is 4.19. The summed E-state index contributed by atoms with van der Waals surface area (Å²) in [6, 6.07) is 0.0603. The Balaban J connectivity index is 2.02. The Morgan fingerprint density at radius 1 is 1.60 bits per heavy atom. The van der Waals surface area contributed by atoms with Crippen LogP contribution in [0.15, 0.2) is 6.33 Å². The average Bonchev–Trinajstić information content (AvgIpc) is 2.87. The fourth-order valence-corrected chi connectivity index (χ4v) is 1.87. The summed E-state index contributed by atoms with van der Waals surface area (Å²) in [4.78, 5) is 8.38. The highest BCUT2D eigenvalue weighted by atomic mass is 32.1. The highest BCUT2D eigenvalue weighted by Crippen LogP contribution is 2.17. The SMILES string of the molecule is CCc1nsc(NC(C)c2ncn[nH]2)n1. The summed E-state index contributed by atoms with van der Waals surface area (Å²) in [6.45, 7) is 4.03. The van der Waals surface area contributed by atoms with Crippen molar-refractivity contribution in [3.8, 4) is 0 Å². The van der Waals surface area contributed by atoms with Crippen LogP contribution >= 0.6 is 11.5 Å². The van der Waals surface area contributed by atoms with Gasteiger partial charge in [0.25, 0.3) is 0 Å². The molecule has 0 radical (unpaired) electrons. The third-order valence-electron chi connectivity index (χ3n) is 1.97. The maximum atomic E-state index is 4.31. The number of nitrogens with zero attached hydrogens (tertiary/aromatic N) is 4. The maximum absolute atomic E-state index is 4.31. The minimum absolute atomic E-state index is 0.0603. The lowest BCUT2D eigenvalue weighted by Crippen LogP contribution is -2.08. The number of hydrogen-bond acceptors (Lipinski definition) is 6. The molecule has 15 heavy (non-hydrogen) atoms. The van der Waals surface area contributed by atoms with E-state index in [1.54, 1.807) is 0 Å². The van der Waals surface area contributed by atoms with Crippen LogP contribution in [0.4, 0.5) is 5.13 Å². The van der Waals surface area contributed by atoms with E-state index in [-0.39, 0.29) is 6.04 Å². The van der Waals surface area contributed by atoms with Crippen molar-refractivity contribution in [3.05, 3.63) is 18.0 Å². The molecule has 2 rings (SSSR count). The third-order valence-corrected chi connectivity index (χ3v) is 2.65. The molecule has 6 nitrogen and oxygen atoms in total. The Hall–Kier alpha value is -1.50. The van der Waals surface area contributed by atoms with Crippen LogP contribution in [-0.4, -0.2) is 24.5 Å². The fourth-order valence-electron chi connectivity index (χ4n) is 1.13. The number of hydrogen-bond donors (Lipinski definition) is 2. The molecule has 0 spiro atoms. The first kappa shape index (κ1) is 10.0. The zero-order chi connectivity index (χ0) is 10.7. The normalized spacial score (nSPS) is 12.7. The van der Waals surface area contributed by atoms with Crippen LogP contribution in [0.3, 0.4) is 0 Å². The van der Waals surface area contributed by atoms with Crippen molar-refractivity contribution in [1.29, 1.82) is 0 Å². The van der Waals surface area contributed by atoms with Gasteiger partial charge in [0.2, 0.25) is 5.13 Å². The highest BCUT2D eigenvalue weighted by molar-refractivity contribution is 7.09. The van der Waals surface area contributed by atoms with Crippen molar-refractivity contribution in [1.82, 2.24) is 24.5 Å². The van der Waals surface area contributed by atoms with Crippen LogP contribution in [0, 0.1) is 0 Å². The number of rotatable bonds is 4. The zero-order valence-electron chi connectivity index (χ0n) is 8.56. The number of aromatic nitrogens is 5. The van der Waals surface area contributed by atoms with Crippen molar-refractivity contribution < 1.29 is 0 Å². The van der Waals surface area contributed by atoms with E-state index in [4.69, 9.17) is 0 Å². The fraction of sp³-hybridized carbons (Fsp3) is 0.500. The smallest absolute Gasteiger partial charge is 0.203 e. The molecule has 0 aliphatic rings. The van der Waals surface area contributed by atoms with E-state index in [9.17, 15) is 0 Å². The van der Waals surface area contributed by atoms with E-state index < -0.39 is 0 Å². The van der Waals surface area contributed by atoms with Gasteiger partial charge in [0.05, 0.1) is 6.04 Å². The van der Waals surface area contributed by atoms with Crippen LogP contribution in [-0.2, 0) is 6.42 Å². The first-order valence-corrected chi connectivity index (χ1v) is 5.51. The van der Waals surface area contributed by atoms with Crippen molar-refractivity contribution in [3.63, 3.8) is 0 Å². The van der Waals surface area contributed by atoms with Crippen LogP contribution in [0.2, 0.25) is 0 Å². The molecule has 0 aliphatic heterocycles. The molecule has 1 unspecified atom stereocenters. The standard InChI is InChI=1S/C8H12N6S/c1-3-6-12-8(15-14-6)11-5(2)7-9-4-10-13-7/h4-5H,3H2,1-2H3,(H,9,10,13)(H,11,12,14). The lowest BCUT2D eigenvalue weighted by molar-refractivity contribution is 0.792. The van der Waals surface area contributed by atoms with Gasteiger partial charge >= 0.3 is 0 Å². The van der Waals surface area contributed by atoms with Crippen LogP contribution in [0.1, 0.15) is 31.5 Å². The van der Waals surface area contributed by atoms with Crippen LogP contribution < -0.4 is 5.32 Å². The largest absolute Gasteiger partial charge is 0.351 e. The van der Waals surface area contributed by atoms with Gasteiger partial charge in [0.1, 0.15) is 18.0 Å². The van der Waals surface area contributed by atoms with Gasteiger partial charge in [-0.3, -0.25) is 5.10 Å². The molecular formula is C8H12N6S. The first-order valence-electron chi connectivity index (χ1n) is 4.74. The van der Waals surface area contributed by atoms with Crippen molar-refractivity contribution in [2.24, 2.45) is 0 Å². The van der Waals surface area contributed by atoms with Gasteiger partial charge in [-0.25, -0.2) is 9.97 Å². The van der Waals surface area contributed by atoms with Crippen LogP contribution in [0.25, 0.3) is 0 Å². The summed E-state index contributed by atoms with van der Waals surface area (Å²) in [5, 5.41) is 10.6. The molecule has 2 aromatic rings. The van der Waals surface area contributed by atoms with Gasteiger partial charge in [-0.05, 0) is 6.92 Å². The van der Waals surface area contributed by atoms with Gasteiger partial charge in [-0.1, -0.05) is 6.92 Å². The number of anilines is 1. The number of nitrogens with one attached hydrogen (secondary N) is 2. The topological polar surface area (TPSA) is 79.4 Å². The average molecular weight is 224 g/mol. The predicted molar refractivity (Wildman–Crippen MR) is 57.7 cm³/mol. The molecule has 7 heteroatoms. The summed E-state index contributed by atoms with van der Waals surface area (Å²) in [5.41, 5.74) is 0. The quantitative estimate of drug-likeness (QED) is 0.820. The van der Waals surface area contributed by atoms with Gasteiger partial charge < -0.3 is 5.32 Å². The second kappa shape index (κ2) is 4.35. The summed E-state index contributed by atoms with van der Waals surface area (Å²) in [5.74, 6) is 1.66. The Kier molecular flexibility index (Phi) is 2.91. The van der Waals surface area contributed by atoms with E-state index in [1.807, 2.05) is 13.8 Å². The zero-order valence-corrected chi connectivity index (χ0v) is 9.38. The molecule has 0 fully saturated rings. The number of aromatic amines is 1. The van der Waals surface area contributed by atoms with E-state index in [2.05, 4.69) is 29.9 Å². The molecule has 1 atom stereocenters. The van der Waals surface area contributed by atoms with Crippen molar-refractivity contribution in [2.45, 2.75) is 26.3 Å². The summed E-state index contributed by atoms with van der Waals surface area (Å²) in [6.07, 6.45) is 2.35. The van der Waals surface area contributed by atoms with Gasteiger partial charge in [0, 0.05) is 18.0 Å². The minimum Gasteiger partial charge on any atom is -0.351 e. The summed E-state index contributed by atoms with van der Waals surface area (Å²) in [7, 11) is 0. The van der Waals surface area contributed by atoms with Gasteiger partial charge in [0.15, 0.2) is 0 Å². The minimum atomic E-state index is 0.0603. The Labute approximate surface area is 91.3 Å². The molecule has 0 aromatic carbocycles. The molecule has 80 valence electrons. The predicted octanol–water partition coefficient (Wildman–Crippen LogP) is 1.39. The van der Waals surface area contributed by atoms with Crippen molar-refractivity contribution in [2.75, 3.05) is 5.32 Å². The number of aryl methyl sites for hydroxylation is 1. The van der Waals surface area contributed by atoms with E-state index >= 15 is 0 Å². The molecular weight excluding hydrogens is 212 g/mol. The highest BCUT2D eigenvalue weighted by Gasteiger charge is 2.10. The van der Waals surface area contributed by atoms with Crippen LogP contribution in [0.5, 0.6) is 0 Å². The molecule has 2 aromatic heterocycles. The van der Waals surface area contributed by atoms with Gasteiger partial charge in [-0.15, -0.1) is 0 Å². The lowest BCUT2D eigenvalue weighted by Gasteiger charge is -2.07. The maximum Gasteiger partial charge on any atom is 0.203 e. The first-order chi connectivity index (χ1) is 7.29. The molecule has 0 aliphatic carbocycles. The Bertz CT molecular complexity index is 408. The monoisotopic (exact) mass is 224 g/mol. The second-order valence-electron chi connectivity index (χ2n) is 3.11. The molecule has 0 amide bonds. The summed E-state index contributed by atoms with van der Waals surface area (Å²) >= 11 is 1.37. The molecule has 0 bridgehead atoms. The lowest BCUT2D eigenvalue weighted by atomic mass is 10.3. The Morgan fingerprint density at radius 2 is 2.47 bits per heavy atom. The van der Waals surface area contributed by atoms with E-state index in [1.165, 1.54) is 17.9 Å². The molecule has 2 heterocycles. The molecule has 2 N–H and O–H groups in total. The number of H-pyrrole nitrogens is 1. The van der Waals surface area contributed by atoms with E-state index in [0.29, 0.717) is 0 Å². The third kappa shape index (κ3) is 2.30. The molecule has 0 saturated heterocycles. The van der Waals surface area contributed by atoms with Crippen molar-refractivity contribution >= 4 is 16.7 Å². The van der Waals surface area contributed by atoms with Gasteiger partial charge in [-0.2, -0.15) is 9.47 Å². The van der Waals surface area contributed by atoms with E-state index in [0.717, 1.165) is 23.2 Å². The molecule has 0 saturated carbocycles.